The van der Waals surface area contributed by atoms with E-state index in [1.807, 2.05) is 0 Å². The van der Waals surface area contributed by atoms with Crippen LogP contribution in [0.15, 0.2) is 45.9 Å². The number of hydrogen-bond acceptors (Lipinski definition) is 5. The standard InChI is InChI=1S/C15H19N3O3S.ClH/c16-11-12-5-3-4-10-18(12)22(19,20)15-7-2-1-6-13(15)14-8-9-17-21-14;/h1-2,6-9,12H,3-5,10-11,16H2;1H. The molecule has 0 aliphatic carbocycles. The quantitative estimate of drug-likeness (QED) is 0.906. The Balaban J connectivity index is 0.00000192. The molecule has 3 rings (SSSR count). The Labute approximate surface area is 142 Å². The first-order valence-electron chi connectivity index (χ1n) is 7.36. The molecule has 1 saturated heterocycles. The Morgan fingerprint density at radius 3 is 2.74 bits per heavy atom. The summed E-state index contributed by atoms with van der Waals surface area (Å²) in [4.78, 5) is 0.243. The summed E-state index contributed by atoms with van der Waals surface area (Å²) in [5, 5.41) is 3.66. The minimum absolute atomic E-state index is 0. The van der Waals surface area contributed by atoms with Crippen LogP contribution in [0.5, 0.6) is 0 Å². The highest BCUT2D eigenvalue weighted by Gasteiger charge is 2.34. The molecule has 23 heavy (non-hydrogen) atoms. The van der Waals surface area contributed by atoms with Crippen molar-refractivity contribution >= 4 is 22.4 Å². The monoisotopic (exact) mass is 357 g/mol. The third kappa shape index (κ3) is 3.42. The van der Waals surface area contributed by atoms with Gasteiger partial charge in [-0.2, -0.15) is 4.31 Å². The molecule has 1 fully saturated rings. The van der Waals surface area contributed by atoms with E-state index >= 15 is 0 Å². The lowest BCUT2D eigenvalue weighted by molar-refractivity contribution is 0.257. The van der Waals surface area contributed by atoms with E-state index in [1.54, 1.807) is 30.3 Å². The molecule has 0 radical (unpaired) electrons. The normalized spacial score (nSPS) is 19.3. The van der Waals surface area contributed by atoms with Gasteiger partial charge in [-0.25, -0.2) is 8.42 Å². The maximum absolute atomic E-state index is 13.1. The summed E-state index contributed by atoms with van der Waals surface area (Å²) in [6.07, 6.45) is 4.18. The molecule has 2 aromatic rings. The molecule has 0 bridgehead atoms. The number of piperidine rings is 1. The summed E-state index contributed by atoms with van der Waals surface area (Å²) >= 11 is 0. The number of hydrogen-bond donors (Lipinski definition) is 1. The number of rotatable bonds is 4. The number of nitrogens with two attached hydrogens (primary N) is 1. The van der Waals surface area contributed by atoms with Gasteiger partial charge in [0.25, 0.3) is 0 Å². The highest BCUT2D eigenvalue weighted by molar-refractivity contribution is 7.89. The van der Waals surface area contributed by atoms with Gasteiger partial charge in [0.15, 0.2) is 5.76 Å². The van der Waals surface area contributed by atoms with Gasteiger partial charge < -0.3 is 10.3 Å². The first-order chi connectivity index (χ1) is 10.6. The Morgan fingerprint density at radius 1 is 1.26 bits per heavy atom. The summed E-state index contributed by atoms with van der Waals surface area (Å²) < 4.78 is 32.8. The molecule has 1 unspecified atom stereocenters. The predicted molar refractivity (Wildman–Crippen MR) is 89.8 cm³/mol. The van der Waals surface area contributed by atoms with E-state index in [0.29, 0.717) is 24.4 Å². The molecular weight excluding hydrogens is 338 g/mol. The van der Waals surface area contributed by atoms with E-state index in [2.05, 4.69) is 5.16 Å². The summed E-state index contributed by atoms with van der Waals surface area (Å²) in [7, 11) is -3.61. The van der Waals surface area contributed by atoms with Crippen LogP contribution in [0.25, 0.3) is 11.3 Å². The summed E-state index contributed by atoms with van der Waals surface area (Å²) in [5.74, 6) is 0.445. The highest BCUT2D eigenvalue weighted by atomic mass is 35.5. The maximum atomic E-state index is 13.1. The lowest BCUT2D eigenvalue weighted by atomic mass is 10.1. The van der Waals surface area contributed by atoms with Crippen molar-refractivity contribution in [3.05, 3.63) is 36.5 Å². The van der Waals surface area contributed by atoms with Gasteiger partial charge in [-0.15, -0.1) is 12.4 Å². The highest BCUT2D eigenvalue weighted by Crippen LogP contribution is 2.32. The second-order valence-corrected chi connectivity index (χ2v) is 7.23. The molecule has 0 saturated carbocycles. The van der Waals surface area contributed by atoms with Gasteiger partial charge in [0, 0.05) is 30.8 Å². The molecule has 2 N–H and O–H groups in total. The first-order valence-corrected chi connectivity index (χ1v) is 8.80. The van der Waals surface area contributed by atoms with Gasteiger partial charge in [-0.05, 0) is 25.0 Å². The number of aromatic nitrogens is 1. The number of halogens is 1. The van der Waals surface area contributed by atoms with Gasteiger partial charge >= 0.3 is 0 Å². The minimum atomic E-state index is -3.61. The Morgan fingerprint density at radius 2 is 2.04 bits per heavy atom. The van der Waals surface area contributed by atoms with Crippen LogP contribution < -0.4 is 5.73 Å². The van der Waals surface area contributed by atoms with Gasteiger partial charge in [0.1, 0.15) is 0 Å². The van der Waals surface area contributed by atoms with Crippen LogP contribution in [0.1, 0.15) is 19.3 Å². The Kier molecular flexibility index (Phi) is 5.80. The van der Waals surface area contributed by atoms with Crippen molar-refractivity contribution in [2.75, 3.05) is 13.1 Å². The van der Waals surface area contributed by atoms with Gasteiger partial charge in [0.2, 0.25) is 10.0 Å². The van der Waals surface area contributed by atoms with Crippen molar-refractivity contribution in [2.45, 2.75) is 30.2 Å². The fourth-order valence-electron chi connectivity index (χ4n) is 2.90. The average Bonchev–Trinajstić information content (AvgIpc) is 3.09. The van der Waals surface area contributed by atoms with Crippen LogP contribution >= 0.6 is 12.4 Å². The molecule has 8 heteroatoms. The number of benzene rings is 1. The molecule has 2 heterocycles. The molecular formula is C15H20ClN3O3S. The molecule has 1 aromatic carbocycles. The number of sulfonamides is 1. The third-order valence-corrected chi connectivity index (χ3v) is 6.03. The van der Waals surface area contributed by atoms with E-state index in [9.17, 15) is 8.42 Å². The molecule has 6 nitrogen and oxygen atoms in total. The van der Waals surface area contributed by atoms with E-state index in [-0.39, 0.29) is 23.3 Å². The largest absolute Gasteiger partial charge is 0.356 e. The molecule has 0 amide bonds. The smallest absolute Gasteiger partial charge is 0.244 e. The van der Waals surface area contributed by atoms with E-state index in [0.717, 1.165) is 19.3 Å². The van der Waals surface area contributed by atoms with Crippen LogP contribution in [0, 0.1) is 0 Å². The van der Waals surface area contributed by atoms with Crippen LogP contribution in [0.3, 0.4) is 0 Å². The minimum Gasteiger partial charge on any atom is -0.356 e. The Hall–Kier alpha value is -1.41. The van der Waals surface area contributed by atoms with Crippen molar-refractivity contribution in [1.82, 2.24) is 9.46 Å². The van der Waals surface area contributed by atoms with Crippen LogP contribution in [-0.4, -0.2) is 37.0 Å². The van der Waals surface area contributed by atoms with E-state index < -0.39 is 10.0 Å². The van der Waals surface area contributed by atoms with Crippen molar-refractivity contribution in [3.8, 4) is 11.3 Å². The summed E-state index contributed by atoms with van der Waals surface area (Å²) in [5.41, 5.74) is 6.30. The van der Waals surface area contributed by atoms with Gasteiger partial charge in [-0.3, -0.25) is 0 Å². The first kappa shape index (κ1) is 17.9. The molecule has 1 aliphatic rings. The lowest BCUT2D eigenvalue weighted by Crippen LogP contribution is -2.47. The fourth-order valence-corrected chi connectivity index (χ4v) is 4.81. The molecule has 1 atom stereocenters. The fraction of sp³-hybridized carbons (Fsp3) is 0.400. The summed E-state index contributed by atoms with van der Waals surface area (Å²) in [6, 6.07) is 8.36. The zero-order chi connectivity index (χ0) is 15.6. The third-order valence-electron chi connectivity index (χ3n) is 4.02. The second-order valence-electron chi connectivity index (χ2n) is 5.37. The maximum Gasteiger partial charge on any atom is 0.244 e. The van der Waals surface area contributed by atoms with E-state index in [4.69, 9.17) is 10.3 Å². The van der Waals surface area contributed by atoms with Gasteiger partial charge in [-0.1, -0.05) is 23.7 Å². The molecule has 1 aliphatic heterocycles. The second kappa shape index (κ2) is 7.44. The molecule has 126 valence electrons. The van der Waals surface area contributed by atoms with Crippen LogP contribution in [0.2, 0.25) is 0 Å². The van der Waals surface area contributed by atoms with Crippen molar-refractivity contribution in [1.29, 1.82) is 0 Å². The molecule has 0 spiro atoms. The zero-order valence-corrected chi connectivity index (χ0v) is 14.2. The van der Waals surface area contributed by atoms with Crippen LogP contribution in [0.4, 0.5) is 0 Å². The number of nitrogens with zero attached hydrogens (tertiary/aromatic N) is 2. The topological polar surface area (TPSA) is 89.4 Å². The Bertz CT molecular complexity index is 734. The SMILES string of the molecule is Cl.NCC1CCCCN1S(=O)(=O)c1ccccc1-c1ccno1. The lowest BCUT2D eigenvalue weighted by Gasteiger charge is -2.34. The zero-order valence-electron chi connectivity index (χ0n) is 12.6. The van der Waals surface area contributed by atoms with Gasteiger partial charge in [0.05, 0.1) is 11.1 Å². The van der Waals surface area contributed by atoms with E-state index in [1.165, 1.54) is 10.5 Å². The molecule has 1 aromatic heterocycles. The predicted octanol–water partition coefficient (Wildman–Crippen LogP) is 2.27. The average molecular weight is 358 g/mol. The van der Waals surface area contributed by atoms with Crippen molar-refractivity contribution in [3.63, 3.8) is 0 Å². The van der Waals surface area contributed by atoms with Crippen molar-refractivity contribution in [2.24, 2.45) is 5.73 Å². The van der Waals surface area contributed by atoms with Crippen LogP contribution in [-0.2, 0) is 10.0 Å². The van der Waals surface area contributed by atoms with Crippen molar-refractivity contribution < 1.29 is 12.9 Å². The summed E-state index contributed by atoms with van der Waals surface area (Å²) in [6.45, 7) is 0.846.